The molecule has 0 bridgehead atoms. The summed E-state index contributed by atoms with van der Waals surface area (Å²) in [5.74, 6) is 0. The molecule has 10 rings (SSSR count). The van der Waals surface area contributed by atoms with E-state index < -0.39 is 0 Å². The maximum Gasteiger partial charge on any atom is 0.308 e. The minimum absolute atomic E-state index is 0.0720. The van der Waals surface area contributed by atoms with E-state index in [4.69, 9.17) is 4.42 Å². The molecule has 0 radical (unpaired) electrons. The molecule has 2 aromatic heterocycles. The topological polar surface area (TPSA) is 41.5 Å². The first-order valence-electron chi connectivity index (χ1n) is 17.2. The lowest BCUT2D eigenvalue weighted by Gasteiger charge is -2.42. The van der Waals surface area contributed by atoms with Crippen LogP contribution in [0, 0.1) is 0 Å². The summed E-state index contributed by atoms with van der Waals surface area (Å²) >= 11 is 0. The molecule has 0 atom stereocenters. The van der Waals surface area contributed by atoms with Gasteiger partial charge in [-0.3, -0.25) is 0 Å². The number of hydrogen-bond donors (Lipinski definition) is 1. The largest absolute Gasteiger partial charge is 0.454 e. The van der Waals surface area contributed by atoms with E-state index in [1.54, 1.807) is 0 Å². The predicted octanol–water partition coefficient (Wildman–Crippen LogP) is 10.4. The summed E-state index contributed by atoms with van der Waals surface area (Å²) in [5.41, 5.74) is 13.8. The number of furan rings is 1. The Kier molecular flexibility index (Phi) is 6.21. The molecule has 5 heteroatoms. The number of rotatable bonds is 4. The molecular weight excluding hydrogens is 611 g/mol. The highest BCUT2D eigenvalue weighted by Gasteiger charge is 2.38. The lowest BCUT2D eigenvalue weighted by Crippen LogP contribution is -2.30. The van der Waals surface area contributed by atoms with E-state index >= 15 is 0 Å². The molecule has 1 aliphatic rings. The second kappa shape index (κ2) is 10.7. The number of nitrogens with zero attached hydrogens (tertiary/aromatic N) is 2. The summed E-state index contributed by atoms with van der Waals surface area (Å²) < 4.78 is 9.00. The molecule has 3 heterocycles. The molecule has 50 heavy (non-hydrogen) atoms. The zero-order valence-electron chi connectivity index (χ0n) is 27.9. The van der Waals surface area contributed by atoms with Crippen molar-refractivity contribution in [2.75, 3.05) is 4.90 Å². The molecule has 0 saturated carbocycles. The Morgan fingerprint density at radius 2 is 1.16 bits per heavy atom. The van der Waals surface area contributed by atoms with Crippen LogP contribution in [0.2, 0.25) is 0 Å². The minimum Gasteiger partial charge on any atom is -0.454 e. The van der Waals surface area contributed by atoms with Crippen LogP contribution in [0.15, 0.2) is 156 Å². The van der Waals surface area contributed by atoms with Gasteiger partial charge in [0.2, 0.25) is 0 Å². The van der Waals surface area contributed by atoms with Crippen LogP contribution in [-0.2, 0) is 5.41 Å². The van der Waals surface area contributed by atoms with Gasteiger partial charge in [0.05, 0.1) is 28.1 Å². The fourth-order valence-electron chi connectivity index (χ4n) is 8.31. The standard InChI is InChI=1S/C45H33BN2O2/c1-45(2)35-17-7-9-20-40(35)48(42-21-11-16-33-32-15-10-18-37(46-49)43(32)50-44(33)42)41-25-23-29(27-36(41)45)28-22-24-39-34(26-28)31-14-6-8-19-38(31)47(39)30-12-4-3-5-13-30/h3-27,46,49H,1-2H3. The average Bonchev–Trinajstić information content (AvgIpc) is 3.71. The van der Waals surface area contributed by atoms with Crippen LogP contribution in [-0.4, -0.2) is 17.1 Å². The lowest BCUT2D eigenvalue weighted by atomic mass is 9.73. The van der Waals surface area contributed by atoms with Crippen LogP contribution in [0.1, 0.15) is 25.0 Å². The third-order valence-electron chi connectivity index (χ3n) is 10.7. The Hall–Kier alpha value is -6.04. The van der Waals surface area contributed by atoms with Crippen molar-refractivity contribution in [2.24, 2.45) is 0 Å². The van der Waals surface area contributed by atoms with Crippen LogP contribution < -0.4 is 10.4 Å². The monoisotopic (exact) mass is 644 g/mol. The fourth-order valence-corrected chi connectivity index (χ4v) is 8.31. The normalized spacial score (nSPS) is 13.6. The van der Waals surface area contributed by atoms with Crippen molar-refractivity contribution in [2.45, 2.75) is 19.3 Å². The van der Waals surface area contributed by atoms with Crippen LogP contribution in [0.5, 0.6) is 0 Å². The molecule has 7 aromatic carbocycles. The van der Waals surface area contributed by atoms with Crippen molar-refractivity contribution in [1.29, 1.82) is 0 Å². The Morgan fingerprint density at radius 3 is 2.02 bits per heavy atom. The van der Waals surface area contributed by atoms with E-state index in [0.29, 0.717) is 0 Å². The number of para-hydroxylation sites is 5. The maximum absolute atomic E-state index is 10.1. The van der Waals surface area contributed by atoms with Gasteiger partial charge < -0.3 is 18.9 Å². The van der Waals surface area contributed by atoms with Crippen molar-refractivity contribution in [3.63, 3.8) is 0 Å². The smallest absolute Gasteiger partial charge is 0.308 e. The number of fused-ring (bicyclic) bond motifs is 8. The van der Waals surface area contributed by atoms with Gasteiger partial charge in [-0.1, -0.05) is 111 Å². The summed E-state index contributed by atoms with van der Waals surface area (Å²) in [6.45, 7) is 4.66. The highest BCUT2D eigenvalue weighted by molar-refractivity contribution is 6.50. The van der Waals surface area contributed by atoms with Gasteiger partial charge in [0.25, 0.3) is 0 Å². The molecule has 9 aromatic rings. The highest BCUT2D eigenvalue weighted by Crippen LogP contribution is 2.54. The average molecular weight is 645 g/mol. The van der Waals surface area contributed by atoms with Crippen molar-refractivity contribution >= 4 is 73.8 Å². The van der Waals surface area contributed by atoms with E-state index in [1.165, 1.54) is 44.1 Å². The second-order valence-electron chi connectivity index (χ2n) is 13.8. The Bertz CT molecular complexity index is 2790. The van der Waals surface area contributed by atoms with E-state index in [1.807, 2.05) is 12.1 Å². The zero-order chi connectivity index (χ0) is 33.6. The lowest BCUT2D eigenvalue weighted by molar-refractivity contribution is 0.613. The van der Waals surface area contributed by atoms with E-state index in [9.17, 15) is 5.02 Å². The zero-order valence-corrected chi connectivity index (χ0v) is 27.9. The Labute approximate surface area is 290 Å². The number of benzene rings is 7. The predicted molar refractivity (Wildman–Crippen MR) is 209 cm³/mol. The summed E-state index contributed by atoms with van der Waals surface area (Å²) in [5, 5.41) is 14.6. The first-order chi connectivity index (χ1) is 24.5. The molecular formula is C45H33BN2O2. The van der Waals surface area contributed by atoms with Crippen molar-refractivity contribution in [1.82, 2.24) is 4.57 Å². The number of hydrogen-bond acceptors (Lipinski definition) is 3. The molecule has 0 aliphatic carbocycles. The third-order valence-corrected chi connectivity index (χ3v) is 10.7. The Morgan fingerprint density at radius 1 is 0.520 bits per heavy atom. The Balaban J connectivity index is 1.18. The van der Waals surface area contributed by atoms with Gasteiger partial charge in [0.1, 0.15) is 5.58 Å². The first-order valence-corrected chi connectivity index (χ1v) is 17.2. The molecule has 0 unspecified atom stereocenters. The van der Waals surface area contributed by atoms with Crippen molar-refractivity contribution in [3.05, 3.63) is 163 Å². The second-order valence-corrected chi connectivity index (χ2v) is 13.8. The molecule has 0 saturated heterocycles. The number of anilines is 3. The molecule has 0 amide bonds. The first kappa shape index (κ1) is 28.9. The van der Waals surface area contributed by atoms with Crippen molar-refractivity contribution < 1.29 is 9.44 Å². The molecule has 1 N–H and O–H groups in total. The quantitative estimate of drug-likeness (QED) is 0.194. The molecule has 0 fully saturated rings. The maximum atomic E-state index is 10.1. The fraction of sp³-hybridized carbons (Fsp3) is 0.0667. The van der Waals surface area contributed by atoms with Gasteiger partial charge in [0.15, 0.2) is 5.58 Å². The summed E-state index contributed by atoms with van der Waals surface area (Å²) in [7, 11) is -0.0720. The molecule has 238 valence electrons. The van der Waals surface area contributed by atoms with Crippen LogP contribution in [0.4, 0.5) is 17.1 Å². The van der Waals surface area contributed by atoms with Gasteiger partial charge in [-0.25, -0.2) is 0 Å². The SMILES string of the molecule is CC1(C)c2ccccc2N(c2cccc3c2oc2c(BO)cccc23)c2ccc(-c3ccc4c(c3)c3ccccc3n4-c3ccccc3)cc21. The van der Waals surface area contributed by atoms with Crippen LogP contribution in [0.3, 0.4) is 0 Å². The summed E-state index contributed by atoms with van der Waals surface area (Å²) in [6.07, 6.45) is 0. The van der Waals surface area contributed by atoms with Gasteiger partial charge >= 0.3 is 7.48 Å². The van der Waals surface area contributed by atoms with Gasteiger partial charge in [-0.15, -0.1) is 0 Å². The van der Waals surface area contributed by atoms with E-state index in [0.717, 1.165) is 50.2 Å². The number of aromatic nitrogens is 1. The molecule has 1 aliphatic heterocycles. The molecule has 0 spiro atoms. The van der Waals surface area contributed by atoms with E-state index in [-0.39, 0.29) is 12.9 Å². The minimum atomic E-state index is -0.252. The van der Waals surface area contributed by atoms with Crippen LogP contribution in [0.25, 0.3) is 60.6 Å². The molecule has 4 nitrogen and oxygen atoms in total. The van der Waals surface area contributed by atoms with Crippen molar-refractivity contribution in [3.8, 4) is 16.8 Å². The van der Waals surface area contributed by atoms with Gasteiger partial charge in [-0.05, 0) is 82.3 Å². The summed E-state index contributed by atoms with van der Waals surface area (Å²) in [4.78, 5) is 2.36. The third kappa shape index (κ3) is 4.04. The van der Waals surface area contributed by atoms with Gasteiger partial charge in [0, 0.05) is 32.6 Å². The summed E-state index contributed by atoms with van der Waals surface area (Å²) in [6, 6.07) is 54.2. The van der Waals surface area contributed by atoms with Crippen LogP contribution >= 0.6 is 0 Å². The van der Waals surface area contributed by atoms with E-state index in [2.05, 4.69) is 163 Å². The highest BCUT2D eigenvalue weighted by atomic mass is 16.3. The van der Waals surface area contributed by atoms with Gasteiger partial charge in [-0.2, -0.15) is 0 Å².